The number of aliphatic hydroxyl groups excluding tert-OH is 1. The normalized spacial score (nSPS) is 12.5. The maximum absolute atomic E-state index is 13.1. The first kappa shape index (κ1) is 13.6. The average molecular weight is 266 g/mol. The Bertz CT molecular complexity index is 596. The van der Waals surface area contributed by atoms with Crippen LogP contribution in [-0.4, -0.2) is 5.11 Å². The molecule has 0 spiro atoms. The molecule has 0 aliphatic heterocycles. The molecule has 0 aromatic heterocycles. The number of rotatable bonds is 3. The maximum atomic E-state index is 13.1. The average Bonchev–Trinajstić information content (AvgIpc) is 2.36. The van der Waals surface area contributed by atoms with Gasteiger partial charge in [0.2, 0.25) is 0 Å². The lowest BCUT2D eigenvalue weighted by Gasteiger charge is -2.13. The zero-order chi connectivity index (χ0) is 14.0. The molecule has 1 unspecified atom stereocenters. The first-order chi connectivity index (χ1) is 8.97. The van der Waals surface area contributed by atoms with E-state index in [-0.39, 0.29) is 12.2 Å². The second-order valence-electron chi connectivity index (χ2n) is 4.46. The Morgan fingerprint density at radius 2 is 1.74 bits per heavy atom. The van der Waals surface area contributed by atoms with E-state index < -0.39 is 17.7 Å². The van der Waals surface area contributed by atoms with Gasteiger partial charge in [-0.1, -0.05) is 12.1 Å². The highest BCUT2D eigenvalue weighted by molar-refractivity contribution is 5.29. The minimum atomic E-state index is -0.993. The molecule has 100 valence electrons. The molecule has 0 heterocycles. The maximum Gasteiger partial charge on any atom is 0.159 e. The van der Waals surface area contributed by atoms with Crippen LogP contribution in [0.3, 0.4) is 0 Å². The van der Waals surface area contributed by atoms with E-state index in [9.17, 15) is 18.3 Å². The molecule has 2 aromatic rings. The van der Waals surface area contributed by atoms with Crippen LogP contribution in [0.5, 0.6) is 0 Å². The van der Waals surface area contributed by atoms with Crippen molar-refractivity contribution < 1.29 is 18.3 Å². The lowest BCUT2D eigenvalue weighted by molar-refractivity contribution is 0.177. The first-order valence-corrected chi connectivity index (χ1v) is 5.85. The van der Waals surface area contributed by atoms with Gasteiger partial charge in [0.25, 0.3) is 0 Å². The fourth-order valence-electron chi connectivity index (χ4n) is 1.93. The third-order valence-electron chi connectivity index (χ3n) is 3.05. The van der Waals surface area contributed by atoms with Crippen LogP contribution < -0.4 is 0 Å². The van der Waals surface area contributed by atoms with Gasteiger partial charge in [-0.15, -0.1) is 0 Å². The van der Waals surface area contributed by atoms with Crippen molar-refractivity contribution in [3.63, 3.8) is 0 Å². The summed E-state index contributed by atoms with van der Waals surface area (Å²) in [5.41, 5.74) is 1.77. The van der Waals surface area contributed by atoms with E-state index >= 15 is 0 Å². The molecule has 19 heavy (non-hydrogen) atoms. The molecule has 0 bridgehead atoms. The molecule has 4 heteroatoms. The highest BCUT2D eigenvalue weighted by atomic mass is 19.2. The second kappa shape index (κ2) is 5.45. The SMILES string of the molecule is Cc1cc(F)ccc1CC(O)c1ccc(F)c(F)c1. The van der Waals surface area contributed by atoms with Gasteiger partial charge >= 0.3 is 0 Å². The molecule has 2 rings (SSSR count). The van der Waals surface area contributed by atoms with Gasteiger partial charge in [0.15, 0.2) is 11.6 Å². The third-order valence-corrected chi connectivity index (χ3v) is 3.05. The summed E-state index contributed by atoms with van der Waals surface area (Å²) in [5, 5.41) is 10.0. The summed E-state index contributed by atoms with van der Waals surface area (Å²) in [6.07, 6.45) is -0.740. The van der Waals surface area contributed by atoms with Crippen LogP contribution in [-0.2, 0) is 6.42 Å². The second-order valence-corrected chi connectivity index (χ2v) is 4.46. The van der Waals surface area contributed by atoms with Crippen molar-refractivity contribution >= 4 is 0 Å². The number of hydrogen-bond donors (Lipinski definition) is 1. The van der Waals surface area contributed by atoms with Crippen LogP contribution in [0.1, 0.15) is 22.8 Å². The Balaban J connectivity index is 2.20. The van der Waals surface area contributed by atoms with Gasteiger partial charge < -0.3 is 5.11 Å². The molecule has 1 atom stereocenters. The molecule has 0 saturated carbocycles. The van der Waals surface area contributed by atoms with Crippen LogP contribution >= 0.6 is 0 Å². The molecule has 2 aromatic carbocycles. The minimum absolute atomic E-state index is 0.219. The van der Waals surface area contributed by atoms with Crippen molar-refractivity contribution in [3.05, 3.63) is 70.5 Å². The van der Waals surface area contributed by atoms with E-state index in [1.807, 2.05) is 0 Å². The fraction of sp³-hybridized carbons (Fsp3) is 0.200. The number of benzene rings is 2. The summed E-state index contributed by atoms with van der Waals surface area (Å²) in [4.78, 5) is 0. The highest BCUT2D eigenvalue weighted by Crippen LogP contribution is 2.22. The van der Waals surface area contributed by atoms with Crippen molar-refractivity contribution in [1.29, 1.82) is 0 Å². The molecule has 0 aliphatic carbocycles. The van der Waals surface area contributed by atoms with E-state index in [0.717, 1.165) is 17.7 Å². The van der Waals surface area contributed by atoms with Crippen LogP contribution in [0.25, 0.3) is 0 Å². The van der Waals surface area contributed by atoms with Crippen molar-refractivity contribution in [2.24, 2.45) is 0 Å². The summed E-state index contributed by atoms with van der Waals surface area (Å²) in [7, 11) is 0. The number of halogens is 3. The smallest absolute Gasteiger partial charge is 0.159 e. The largest absolute Gasteiger partial charge is 0.388 e. The minimum Gasteiger partial charge on any atom is -0.388 e. The number of aliphatic hydroxyl groups is 1. The predicted molar refractivity (Wildman–Crippen MR) is 66.2 cm³/mol. The molecular formula is C15H13F3O. The van der Waals surface area contributed by atoms with Crippen molar-refractivity contribution in [2.75, 3.05) is 0 Å². The number of hydrogen-bond acceptors (Lipinski definition) is 1. The first-order valence-electron chi connectivity index (χ1n) is 5.85. The zero-order valence-corrected chi connectivity index (χ0v) is 10.3. The summed E-state index contributed by atoms with van der Waals surface area (Å²) in [6, 6.07) is 7.54. The van der Waals surface area contributed by atoms with Crippen LogP contribution in [0, 0.1) is 24.4 Å². The molecule has 0 radical (unpaired) electrons. The van der Waals surface area contributed by atoms with Gasteiger partial charge in [0.05, 0.1) is 6.10 Å². The van der Waals surface area contributed by atoms with Crippen molar-refractivity contribution in [1.82, 2.24) is 0 Å². The summed E-state index contributed by atoms with van der Waals surface area (Å²) in [5.74, 6) is -2.29. The summed E-state index contributed by atoms with van der Waals surface area (Å²) in [6.45, 7) is 1.73. The van der Waals surface area contributed by atoms with E-state index in [1.54, 1.807) is 13.0 Å². The predicted octanol–water partition coefficient (Wildman–Crippen LogP) is 3.69. The standard InChI is InChI=1S/C15H13F3O/c1-9-6-12(16)4-2-10(9)8-15(19)11-3-5-13(17)14(18)7-11/h2-7,15,19H,8H2,1H3. The number of aryl methyl sites for hydroxylation is 1. The third kappa shape index (κ3) is 3.15. The lowest BCUT2D eigenvalue weighted by Crippen LogP contribution is -2.04. The van der Waals surface area contributed by atoms with E-state index in [2.05, 4.69) is 0 Å². The Kier molecular flexibility index (Phi) is 3.90. The topological polar surface area (TPSA) is 20.2 Å². The molecule has 0 saturated heterocycles. The van der Waals surface area contributed by atoms with E-state index in [1.165, 1.54) is 18.2 Å². The van der Waals surface area contributed by atoms with Gasteiger partial charge in [-0.05, 0) is 47.9 Å². The quantitative estimate of drug-likeness (QED) is 0.898. The zero-order valence-electron chi connectivity index (χ0n) is 10.3. The van der Waals surface area contributed by atoms with Gasteiger partial charge in [-0.3, -0.25) is 0 Å². The molecule has 0 aliphatic rings. The lowest BCUT2D eigenvalue weighted by atomic mass is 9.98. The van der Waals surface area contributed by atoms with Crippen molar-refractivity contribution in [2.45, 2.75) is 19.4 Å². The Hall–Kier alpha value is -1.81. The highest BCUT2D eigenvalue weighted by Gasteiger charge is 2.13. The Labute approximate surface area is 109 Å². The Morgan fingerprint density at radius 3 is 2.37 bits per heavy atom. The fourth-order valence-corrected chi connectivity index (χ4v) is 1.93. The summed E-state index contributed by atoms with van der Waals surface area (Å²) < 4.78 is 38.8. The molecular weight excluding hydrogens is 253 g/mol. The monoisotopic (exact) mass is 266 g/mol. The van der Waals surface area contributed by atoms with Crippen LogP contribution in [0.4, 0.5) is 13.2 Å². The summed E-state index contributed by atoms with van der Waals surface area (Å²) >= 11 is 0. The molecule has 1 nitrogen and oxygen atoms in total. The van der Waals surface area contributed by atoms with Gasteiger partial charge in [0.1, 0.15) is 5.82 Å². The van der Waals surface area contributed by atoms with Crippen LogP contribution in [0.2, 0.25) is 0 Å². The van der Waals surface area contributed by atoms with Gasteiger partial charge in [-0.2, -0.15) is 0 Å². The molecule has 0 fully saturated rings. The van der Waals surface area contributed by atoms with E-state index in [4.69, 9.17) is 0 Å². The Morgan fingerprint density at radius 1 is 1.00 bits per heavy atom. The molecule has 1 N–H and O–H groups in total. The van der Waals surface area contributed by atoms with Crippen LogP contribution in [0.15, 0.2) is 36.4 Å². The van der Waals surface area contributed by atoms with Gasteiger partial charge in [0, 0.05) is 6.42 Å². The van der Waals surface area contributed by atoms with E-state index in [0.29, 0.717) is 11.1 Å². The van der Waals surface area contributed by atoms with Crippen molar-refractivity contribution in [3.8, 4) is 0 Å². The molecule has 0 amide bonds. The van der Waals surface area contributed by atoms with Gasteiger partial charge in [-0.25, -0.2) is 13.2 Å².